The van der Waals surface area contributed by atoms with Gasteiger partial charge in [-0.05, 0) is 6.92 Å². The van der Waals surface area contributed by atoms with E-state index in [2.05, 4.69) is 25.5 Å². The number of H-pyrrole nitrogens is 1. The molecule has 0 aliphatic carbocycles. The second kappa shape index (κ2) is 6.11. The van der Waals surface area contributed by atoms with Crippen molar-refractivity contribution in [2.45, 2.75) is 6.92 Å². The molecule has 106 valence electrons. The van der Waals surface area contributed by atoms with Crippen LogP contribution in [0.5, 0.6) is 0 Å². The van der Waals surface area contributed by atoms with Crippen molar-refractivity contribution in [2.75, 3.05) is 25.5 Å². The van der Waals surface area contributed by atoms with Crippen LogP contribution in [-0.4, -0.2) is 56.3 Å². The third kappa shape index (κ3) is 3.29. The number of aliphatic hydroxyl groups is 1. The minimum Gasteiger partial charge on any atom is -0.395 e. The second-order valence-electron chi connectivity index (χ2n) is 4.30. The van der Waals surface area contributed by atoms with Crippen molar-refractivity contribution in [1.29, 1.82) is 0 Å². The van der Waals surface area contributed by atoms with Crippen LogP contribution in [-0.2, 0) is 0 Å². The summed E-state index contributed by atoms with van der Waals surface area (Å²) in [7, 11) is 1.60. The highest BCUT2D eigenvalue weighted by atomic mass is 16.3. The highest BCUT2D eigenvalue weighted by molar-refractivity contribution is 5.91. The molecule has 20 heavy (non-hydrogen) atoms. The van der Waals surface area contributed by atoms with Crippen molar-refractivity contribution < 1.29 is 9.90 Å². The maximum Gasteiger partial charge on any atom is 0.273 e. The molecule has 3 N–H and O–H groups in total. The van der Waals surface area contributed by atoms with E-state index in [9.17, 15) is 4.79 Å². The summed E-state index contributed by atoms with van der Waals surface area (Å²) in [6.45, 7) is 2.06. The highest BCUT2D eigenvalue weighted by Gasteiger charge is 2.13. The molecule has 8 nitrogen and oxygen atoms in total. The Morgan fingerprint density at radius 3 is 2.75 bits per heavy atom. The van der Waals surface area contributed by atoms with Gasteiger partial charge in [-0.1, -0.05) is 0 Å². The van der Waals surface area contributed by atoms with Crippen molar-refractivity contribution in [1.82, 2.24) is 25.1 Å². The Hall–Kier alpha value is -2.48. The summed E-state index contributed by atoms with van der Waals surface area (Å²) in [5.74, 6) is 0.847. The molecule has 2 heterocycles. The van der Waals surface area contributed by atoms with Gasteiger partial charge in [0.05, 0.1) is 19.0 Å². The lowest BCUT2D eigenvalue weighted by atomic mass is 10.4. The Kier molecular flexibility index (Phi) is 4.26. The lowest BCUT2D eigenvalue weighted by molar-refractivity contribution is 0.0761. The Morgan fingerprint density at radius 1 is 1.40 bits per heavy atom. The average molecular weight is 276 g/mol. The van der Waals surface area contributed by atoms with Crippen molar-refractivity contribution in [3.05, 3.63) is 29.8 Å². The van der Waals surface area contributed by atoms with E-state index < -0.39 is 0 Å². The van der Waals surface area contributed by atoms with Gasteiger partial charge in [0.15, 0.2) is 5.82 Å². The van der Waals surface area contributed by atoms with E-state index in [1.807, 2.05) is 13.0 Å². The Morgan fingerprint density at radius 2 is 2.20 bits per heavy atom. The Balaban J connectivity index is 2.04. The van der Waals surface area contributed by atoms with Gasteiger partial charge < -0.3 is 15.3 Å². The molecule has 2 rings (SSSR count). The van der Waals surface area contributed by atoms with E-state index in [4.69, 9.17) is 5.11 Å². The molecule has 0 aromatic carbocycles. The number of nitrogens with one attached hydrogen (secondary N) is 2. The van der Waals surface area contributed by atoms with Gasteiger partial charge in [0, 0.05) is 25.4 Å². The van der Waals surface area contributed by atoms with Crippen molar-refractivity contribution >= 4 is 17.5 Å². The van der Waals surface area contributed by atoms with E-state index >= 15 is 0 Å². The highest BCUT2D eigenvalue weighted by Crippen LogP contribution is 2.11. The number of amides is 1. The van der Waals surface area contributed by atoms with E-state index in [0.717, 1.165) is 5.69 Å². The van der Waals surface area contributed by atoms with Crippen LogP contribution in [0.3, 0.4) is 0 Å². The number of aryl methyl sites for hydroxylation is 1. The van der Waals surface area contributed by atoms with Crippen molar-refractivity contribution in [3.63, 3.8) is 0 Å². The van der Waals surface area contributed by atoms with E-state index in [-0.39, 0.29) is 24.8 Å². The van der Waals surface area contributed by atoms with Gasteiger partial charge in [0.25, 0.3) is 5.91 Å². The SMILES string of the molecule is Cc1cc(Nc2cnc(C(=O)N(C)CCO)cn2)n[nH]1. The number of aliphatic hydroxyl groups excluding tert-OH is 1. The van der Waals surface area contributed by atoms with Crippen LogP contribution in [0.1, 0.15) is 16.2 Å². The van der Waals surface area contributed by atoms with Gasteiger partial charge in [-0.25, -0.2) is 9.97 Å². The molecule has 8 heteroatoms. The van der Waals surface area contributed by atoms with Crippen LogP contribution in [0.2, 0.25) is 0 Å². The quantitative estimate of drug-likeness (QED) is 0.726. The number of carbonyl (C=O) groups excluding carboxylic acids is 1. The summed E-state index contributed by atoms with van der Waals surface area (Å²) in [5, 5.41) is 18.6. The van der Waals surface area contributed by atoms with Crippen LogP contribution in [0.25, 0.3) is 0 Å². The van der Waals surface area contributed by atoms with Gasteiger partial charge in [-0.3, -0.25) is 9.89 Å². The number of likely N-dealkylation sites (N-methyl/N-ethyl adjacent to an activating group) is 1. The molecule has 0 atom stereocenters. The molecule has 0 aliphatic heterocycles. The summed E-state index contributed by atoms with van der Waals surface area (Å²) in [5.41, 5.74) is 1.16. The predicted octanol–water partition coefficient (Wildman–Crippen LogP) is 0.316. The van der Waals surface area contributed by atoms with Crippen LogP contribution < -0.4 is 5.32 Å². The third-order valence-corrected chi connectivity index (χ3v) is 2.62. The number of rotatable bonds is 5. The minimum absolute atomic E-state index is 0.0895. The van der Waals surface area contributed by atoms with Crippen molar-refractivity contribution in [2.24, 2.45) is 0 Å². The van der Waals surface area contributed by atoms with Gasteiger partial charge in [0.2, 0.25) is 0 Å². The van der Waals surface area contributed by atoms with Gasteiger partial charge in [0.1, 0.15) is 11.5 Å². The summed E-state index contributed by atoms with van der Waals surface area (Å²) in [4.78, 5) is 21.4. The molecule has 0 fully saturated rings. The topological polar surface area (TPSA) is 107 Å². The Labute approximate surface area is 115 Å². The maximum absolute atomic E-state index is 11.9. The number of carbonyl (C=O) groups is 1. The first kappa shape index (κ1) is 13.9. The second-order valence-corrected chi connectivity index (χ2v) is 4.30. The molecule has 1 amide bonds. The molecule has 0 aliphatic rings. The zero-order valence-corrected chi connectivity index (χ0v) is 11.3. The Bertz CT molecular complexity index is 580. The molecule has 2 aromatic heterocycles. The molecule has 0 spiro atoms. The molecule has 0 saturated carbocycles. The minimum atomic E-state index is -0.284. The summed E-state index contributed by atoms with van der Waals surface area (Å²) < 4.78 is 0. The van der Waals surface area contributed by atoms with Crippen LogP contribution in [0.15, 0.2) is 18.5 Å². The van der Waals surface area contributed by atoms with Gasteiger partial charge in [-0.15, -0.1) is 0 Å². The zero-order chi connectivity index (χ0) is 14.5. The lowest BCUT2D eigenvalue weighted by Crippen LogP contribution is -2.30. The first-order chi connectivity index (χ1) is 9.60. The standard InChI is InChI=1S/C12H16N6O2/c1-8-5-10(17-16-8)15-11-7-13-9(6-14-11)12(20)18(2)3-4-19/h5-7,19H,3-4H2,1-2H3,(H2,14,15,16,17). The molecular formula is C12H16N6O2. The number of hydrogen-bond donors (Lipinski definition) is 3. The first-order valence-corrected chi connectivity index (χ1v) is 6.07. The molecule has 0 saturated heterocycles. The number of aromatic nitrogens is 4. The molecule has 2 aromatic rings. The van der Waals surface area contributed by atoms with Crippen LogP contribution in [0.4, 0.5) is 11.6 Å². The number of anilines is 2. The maximum atomic E-state index is 11.9. The van der Waals surface area contributed by atoms with Gasteiger partial charge >= 0.3 is 0 Å². The molecule has 0 radical (unpaired) electrons. The van der Waals surface area contributed by atoms with E-state index in [0.29, 0.717) is 11.6 Å². The summed E-state index contributed by atoms with van der Waals surface area (Å²) in [6.07, 6.45) is 2.85. The number of hydrogen-bond acceptors (Lipinski definition) is 6. The van der Waals surface area contributed by atoms with E-state index in [1.54, 1.807) is 7.05 Å². The fourth-order valence-corrected chi connectivity index (χ4v) is 1.56. The van der Waals surface area contributed by atoms with Gasteiger partial charge in [-0.2, -0.15) is 5.10 Å². The fourth-order valence-electron chi connectivity index (χ4n) is 1.56. The number of nitrogens with zero attached hydrogens (tertiary/aromatic N) is 4. The molecular weight excluding hydrogens is 260 g/mol. The van der Waals surface area contributed by atoms with Crippen LogP contribution in [0, 0.1) is 6.92 Å². The predicted molar refractivity (Wildman–Crippen MR) is 72.7 cm³/mol. The van der Waals surface area contributed by atoms with E-state index in [1.165, 1.54) is 17.3 Å². The lowest BCUT2D eigenvalue weighted by Gasteiger charge is -2.14. The number of aromatic amines is 1. The monoisotopic (exact) mass is 276 g/mol. The summed E-state index contributed by atoms with van der Waals surface area (Å²) >= 11 is 0. The van der Waals surface area contributed by atoms with Crippen molar-refractivity contribution in [3.8, 4) is 0 Å². The zero-order valence-electron chi connectivity index (χ0n) is 11.3. The molecule has 0 unspecified atom stereocenters. The largest absolute Gasteiger partial charge is 0.395 e. The first-order valence-electron chi connectivity index (χ1n) is 6.07. The molecule has 0 bridgehead atoms. The fraction of sp³-hybridized carbons (Fsp3) is 0.333. The normalized spacial score (nSPS) is 10.3. The third-order valence-electron chi connectivity index (χ3n) is 2.62. The summed E-state index contributed by atoms with van der Waals surface area (Å²) in [6, 6.07) is 1.83. The smallest absolute Gasteiger partial charge is 0.273 e. The average Bonchev–Trinajstić information content (AvgIpc) is 2.84. The van der Waals surface area contributed by atoms with Crippen LogP contribution >= 0.6 is 0 Å².